The lowest BCUT2D eigenvalue weighted by molar-refractivity contribution is 0.0822. The summed E-state index contributed by atoms with van der Waals surface area (Å²) < 4.78 is 6.29. The van der Waals surface area contributed by atoms with Crippen molar-refractivity contribution >= 4 is 40.3 Å². The highest BCUT2D eigenvalue weighted by atomic mass is 35.5. The second kappa shape index (κ2) is 6.61. The van der Waals surface area contributed by atoms with E-state index in [1.807, 2.05) is 13.0 Å². The Hall–Kier alpha value is -1.03. The summed E-state index contributed by atoms with van der Waals surface area (Å²) in [4.78, 5) is 12.8. The zero-order chi connectivity index (χ0) is 14.7. The average molecular weight is 329 g/mol. The quantitative estimate of drug-likeness (QED) is 0.699. The molecule has 0 saturated carbocycles. The summed E-state index contributed by atoms with van der Waals surface area (Å²) in [7, 11) is 0. The number of hydrogen-bond acceptors (Lipinski definition) is 3. The number of benzene rings is 1. The molecule has 0 aliphatic heterocycles. The topological polar surface area (TPSA) is 26.3 Å². The number of thiophene rings is 1. The third-order valence-electron chi connectivity index (χ3n) is 2.90. The predicted octanol–water partition coefficient (Wildman–Crippen LogP) is 5.27. The Kier molecular flexibility index (Phi) is 5.08. The van der Waals surface area contributed by atoms with E-state index in [-0.39, 0.29) is 5.78 Å². The number of carbonyl (C=O) groups excluding carboxylic acids is 1. The van der Waals surface area contributed by atoms with Gasteiger partial charge in [-0.2, -0.15) is 0 Å². The first-order valence-corrected chi connectivity index (χ1v) is 7.83. The molecule has 1 atom stereocenters. The normalized spacial score (nSPS) is 12.2. The van der Waals surface area contributed by atoms with E-state index in [4.69, 9.17) is 27.9 Å². The van der Waals surface area contributed by atoms with Crippen LogP contribution >= 0.6 is 34.5 Å². The summed E-state index contributed by atoms with van der Waals surface area (Å²) in [5.41, 5.74) is 1.00. The minimum absolute atomic E-state index is 0.0742. The standard InChI is InChI=1S/C15H14Cl2O2S/c1-3-10-8-11(4-5-12(10)16)19-9(2)15(18)13-6-7-14(17)20-13/h4-9H,3H2,1-2H3. The third-order valence-corrected chi connectivity index (χ3v) is 4.51. The maximum absolute atomic E-state index is 12.2. The fraction of sp³-hybridized carbons (Fsp3) is 0.267. The maximum Gasteiger partial charge on any atom is 0.212 e. The first-order valence-electron chi connectivity index (χ1n) is 6.26. The Morgan fingerprint density at radius 2 is 2.05 bits per heavy atom. The monoisotopic (exact) mass is 328 g/mol. The zero-order valence-corrected chi connectivity index (χ0v) is 13.5. The first-order chi connectivity index (χ1) is 9.51. The number of carbonyl (C=O) groups is 1. The van der Waals surface area contributed by atoms with Gasteiger partial charge in [0, 0.05) is 5.02 Å². The van der Waals surface area contributed by atoms with Gasteiger partial charge in [-0.25, -0.2) is 0 Å². The van der Waals surface area contributed by atoms with Crippen LogP contribution in [0.25, 0.3) is 0 Å². The van der Waals surface area contributed by atoms with Gasteiger partial charge in [0.05, 0.1) is 9.21 Å². The highest BCUT2D eigenvalue weighted by molar-refractivity contribution is 7.18. The van der Waals surface area contributed by atoms with Crippen LogP contribution < -0.4 is 4.74 Å². The van der Waals surface area contributed by atoms with Crippen LogP contribution in [-0.2, 0) is 6.42 Å². The molecule has 0 aliphatic rings. The fourth-order valence-corrected chi connectivity index (χ4v) is 3.11. The summed E-state index contributed by atoms with van der Waals surface area (Å²) >= 11 is 13.2. The van der Waals surface area contributed by atoms with Gasteiger partial charge in [0.2, 0.25) is 5.78 Å². The van der Waals surface area contributed by atoms with Crippen LogP contribution in [0.4, 0.5) is 0 Å². The number of hydrogen-bond donors (Lipinski definition) is 0. The molecular formula is C15H14Cl2O2S. The molecule has 0 N–H and O–H groups in total. The van der Waals surface area contributed by atoms with Gasteiger partial charge in [-0.3, -0.25) is 4.79 Å². The molecule has 0 bridgehead atoms. The number of ketones is 1. The number of Topliss-reactive ketones (excluding diaryl/α,β-unsaturated/α-hetero) is 1. The van der Waals surface area contributed by atoms with Crippen molar-refractivity contribution in [3.05, 3.63) is 50.1 Å². The van der Waals surface area contributed by atoms with Crippen LogP contribution in [0.2, 0.25) is 9.36 Å². The third kappa shape index (κ3) is 3.54. The van der Waals surface area contributed by atoms with Crippen molar-refractivity contribution in [2.75, 3.05) is 0 Å². The molecule has 5 heteroatoms. The minimum atomic E-state index is -0.560. The number of rotatable bonds is 5. The number of halogens is 2. The van der Waals surface area contributed by atoms with E-state index < -0.39 is 6.10 Å². The van der Waals surface area contributed by atoms with Crippen molar-refractivity contribution in [1.29, 1.82) is 0 Å². The largest absolute Gasteiger partial charge is 0.483 e. The molecule has 1 heterocycles. The van der Waals surface area contributed by atoms with Gasteiger partial charge >= 0.3 is 0 Å². The fourth-order valence-electron chi connectivity index (χ4n) is 1.80. The van der Waals surface area contributed by atoms with E-state index in [1.165, 1.54) is 11.3 Å². The van der Waals surface area contributed by atoms with E-state index in [9.17, 15) is 4.79 Å². The Morgan fingerprint density at radius 1 is 1.30 bits per heavy atom. The van der Waals surface area contributed by atoms with Crippen molar-refractivity contribution in [2.24, 2.45) is 0 Å². The molecule has 1 unspecified atom stereocenters. The van der Waals surface area contributed by atoms with E-state index in [1.54, 1.807) is 31.2 Å². The molecule has 2 aromatic rings. The Labute approximate surface area is 132 Å². The highest BCUT2D eigenvalue weighted by Crippen LogP contribution is 2.26. The van der Waals surface area contributed by atoms with Crippen molar-refractivity contribution in [3.8, 4) is 5.75 Å². The molecule has 20 heavy (non-hydrogen) atoms. The molecule has 1 aromatic carbocycles. The van der Waals surface area contributed by atoms with Crippen LogP contribution in [-0.4, -0.2) is 11.9 Å². The molecule has 0 fully saturated rings. The second-order valence-electron chi connectivity index (χ2n) is 4.33. The molecule has 0 amide bonds. The Balaban J connectivity index is 2.11. The Morgan fingerprint density at radius 3 is 2.65 bits per heavy atom. The van der Waals surface area contributed by atoms with Crippen LogP contribution in [0.3, 0.4) is 0 Å². The van der Waals surface area contributed by atoms with Gasteiger partial charge in [-0.15, -0.1) is 11.3 Å². The molecule has 0 saturated heterocycles. The number of aryl methyl sites for hydroxylation is 1. The predicted molar refractivity (Wildman–Crippen MR) is 84.6 cm³/mol. The first kappa shape index (κ1) is 15.4. The van der Waals surface area contributed by atoms with Crippen molar-refractivity contribution < 1.29 is 9.53 Å². The highest BCUT2D eigenvalue weighted by Gasteiger charge is 2.19. The van der Waals surface area contributed by atoms with E-state index >= 15 is 0 Å². The number of ether oxygens (including phenoxy) is 1. The van der Waals surface area contributed by atoms with Gasteiger partial charge in [0.1, 0.15) is 5.75 Å². The molecule has 1 aromatic heterocycles. The summed E-state index contributed by atoms with van der Waals surface area (Å²) in [6, 6.07) is 8.85. The minimum Gasteiger partial charge on any atom is -0.483 e. The second-order valence-corrected chi connectivity index (χ2v) is 6.46. The maximum atomic E-state index is 12.2. The lowest BCUT2D eigenvalue weighted by atomic mass is 10.1. The SMILES string of the molecule is CCc1cc(OC(C)C(=O)c2ccc(Cl)s2)ccc1Cl. The van der Waals surface area contributed by atoms with E-state index in [0.29, 0.717) is 20.0 Å². The lowest BCUT2D eigenvalue weighted by Crippen LogP contribution is -2.23. The summed E-state index contributed by atoms with van der Waals surface area (Å²) in [5, 5.41) is 0.712. The van der Waals surface area contributed by atoms with Crippen molar-refractivity contribution in [1.82, 2.24) is 0 Å². The lowest BCUT2D eigenvalue weighted by Gasteiger charge is -2.14. The van der Waals surface area contributed by atoms with Gasteiger partial charge in [-0.1, -0.05) is 30.1 Å². The molecule has 0 aliphatic carbocycles. The van der Waals surface area contributed by atoms with Gasteiger partial charge in [-0.05, 0) is 49.2 Å². The van der Waals surface area contributed by atoms with Crippen LogP contribution in [0, 0.1) is 0 Å². The van der Waals surface area contributed by atoms with E-state index in [0.717, 1.165) is 12.0 Å². The molecule has 2 rings (SSSR count). The van der Waals surface area contributed by atoms with Crippen molar-refractivity contribution in [3.63, 3.8) is 0 Å². The molecule has 2 nitrogen and oxygen atoms in total. The van der Waals surface area contributed by atoms with Gasteiger partial charge < -0.3 is 4.74 Å². The smallest absolute Gasteiger partial charge is 0.212 e. The van der Waals surface area contributed by atoms with E-state index in [2.05, 4.69) is 0 Å². The van der Waals surface area contributed by atoms with Gasteiger partial charge in [0.15, 0.2) is 6.10 Å². The van der Waals surface area contributed by atoms with Crippen LogP contribution in [0.5, 0.6) is 5.75 Å². The van der Waals surface area contributed by atoms with Gasteiger partial charge in [0.25, 0.3) is 0 Å². The Bertz CT molecular complexity index is 622. The van der Waals surface area contributed by atoms with Crippen LogP contribution in [0.15, 0.2) is 30.3 Å². The molecule has 0 radical (unpaired) electrons. The van der Waals surface area contributed by atoms with Crippen LogP contribution in [0.1, 0.15) is 29.1 Å². The van der Waals surface area contributed by atoms with Crippen molar-refractivity contribution in [2.45, 2.75) is 26.4 Å². The molecule has 106 valence electrons. The average Bonchev–Trinajstić information content (AvgIpc) is 2.86. The summed E-state index contributed by atoms with van der Waals surface area (Å²) in [5.74, 6) is 0.574. The zero-order valence-electron chi connectivity index (χ0n) is 11.2. The summed E-state index contributed by atoms with van der Waals surface area (Å²) in [6.07, 6.45) is 0.259. The molecular weight excluding hydrogens is 315 g/mol. The summed E-state index contributed by atoms with van der Waals surface area (Å²) in [6.45, 7) is 3.75. The molecule has 0 spiro atoms.